The first kappa shape index (κ1) is 13.6. The molecule has 0 bridgehead atoms. The molecule has 1 N–H and O–H groups in total. The summed E-state index contributed by atoms with van der Waals surface area (Å²) >= 11 is 0. The molecule has 1 aliphatic heterocycles. The zero-order chi connectivity index (χ0) is 14.3. The smallest absolute Gasteiger partial charge is 0.241 e. The van der Waals surface area contributed by atoms with Crippen molar-refractivity contribution in [3.05, 3.63) is 35.4 Å². The van der Waals surface area contributed by atoms with Crippen LogP contribution in [-0.2, 0) is 4.79 Å². The van der Waals surface area contributed by atoms with Gasteiger partial charge in [0.1, 0.15) is 6.17 Å². The zero-order valence-electron chi connectivity index (χ0n) is 12.6. The fourth-order valence-electron chi connectivity index (χ4n) is 3.13. The van der Waals surface area contributed by atoms with Gasteiger partial charge >= 0.3 is 0 Å². The summed E-state index contributed by atoms with van der Waals surface area (Å²) in [5.74, 6) is 0.688. The molecular formula is C17H24N2O. The number of carbonyl (C=O) groups is 1. The number of hydrogen-bond acceptors (Lipinski definition) is 2. The quantitative estimate of drug-likeness (QED) is 0.914. The third kappa shape index (κ3) is 2.24. The predicted molar refractivity (Wildman–Crippen MR) is 80.2 cm³/mol. The first-order chi connectivity index (χ1) is 9.63. The summed E-state index contributed by atoms with van der Waals surface area (Å²) in [5.41, 5.74) is 2.51. The molecule has 0 spiro atoms. The molecule has 3 unspecified atom stereocenters. The van der Waals surface area contributed by atoms with E-state index in [9.17, 15) is 4.79 Å². The van der Waals surface area contributed by atoms with E-state index in [1.807, 2.05) is 0 Å². The average Bonchev–Trinajstić information content (AvgIpc) is 3.22. The summed E-state index contributed by atoms with van der Waals surface area (Å²) in [6.07, 6.45) is 3.41. The second-order valence-electron chi connectivity index (χ2n) is 6.27. The Morgan fingerprint density at radius 1 is 1.35 bits per heavy atom. The number of hydrogen-bond donors (Lipinski definition) is 1. The van der Waals surface area contributed by atoms with Gasteiger partial charge in [-0.05, 0) is 36.8 Å². The number of nitrogens with one attached hydrogen (secondary N) is 1. The van der Waals surface area contributed by atoms with Gasteiger partial charge in [0.15, 0.2) is 0 Å². The van der Waals surface area contributed by atoms with Gasteiger partial charge in [-0.1, -0.05) is 44.5 Å². The summed E-state index contributed by atoms with van der Waals surface area (Å²) in [6, 6.07) is 8.83. The molecule has 1 saturated carbocycles. The van der Waals surface area contributed by atoms with Crippen LogP contribution in [0.3, 0.4) is 0 Å². The van der Waals surface area contributed by atoms with Crippen molar-refractivity contribution >= 4 is 5.91 Å². The Hall–Kier alpha value is -1.35. The van der Waals surface area contributed by atoms with Crippen molar-refractivity contribution in [1.29, 1.82) is 0 Å². The maximum absolute atomic E-state index is 12.7. The van der Waals surface area contributed by atoms with E-state index in [0.717, 1.165) is 19.3 Å². The Bertz CT molecular complexity index is 509. The van der Waals surface area contributed by atoms with E-state index in [-0.39, 0.29) is 12.2 Å². The van der Waals surface area contributed by atoms with Crippen molar-refractivity contribution in [1.82, 2.24) is 10.2 Å². The number of rotatable bonds is 4. The lowest BCUT2D eigenvalue weighted by Crippen LogP contribution is -2.36. The highest BCUT2D eigenvalue weighted by Gasteiger charge is 2.48. The molecular weight excluding hydrogens is 248 g/mol. The highest BCUT2D eigenvalue weighted by Crippen LogP contribution is 2.39. The molecule has 3 atom stereocenters. The number of aryl methyl sites for hydroxylation is 1. The average molecular weight is 272 g/mol. The van der Waals surface area contributed by atoms with E-state index in [1.54, 1.807) is 0 Å². The number of benzene rings is 1. The minimum absolute atomic E-state index is 0.0230. The van der Waals surface area contributed by atoms with E-state index in [1.165, 1.54) is 11.1 Å². The monoisotopic (exact) mass is 272 g/mol. The Labute approximate surface area is 121 Å². The Kier molecular flexibility index (Phi) is 3.55. The van der Waals surface area contributed by atoms with E-state index in [0.29, 0.717) is 17.9 Å². The zero-order valence-corrected chi connectivity index (χ0v) is 12.6. The summed E-state index contributed by atoms with van der Waals surface area (Å²) in [7, 11) is 0. The van der Waals surface area contributed by atoms with Gasteiger partial charge in [-0.25, -0.2) is 0 Å². The fraction of sp³-hybridized carbons (Fsp3) is 0.588. The van der Waals surface area contributed by atoms with Gasteiger partial charge in [0.05, 0.1) is 6.04 Å². The molecule has 1 saturated heterocycles. The first-order valence-corrected chi connectivity index (χ1v) is 7.77. The van der Waals surface area contributed by atoms with Crippen LogP contribution in [0.5, 0.6) is 0 Å². The van der Waals surface area contributed by atoms with Gasteiger partial charge in [-0.2, -0.15) is 0 Å². The highest BCUT2D eigenvalue weighted by atomic mass is 16.2. The normalized spacial score (nSPS) is 27.9. The molecule has 1 amide bonds. The third-order valence-corrected chi connectivity index (χ3v) is 4.77. The van der Waals surface area contributed by atoms with Crippen LogP contribution in [0, 0.1) is 12.8 Å². The van der Waals surface area contributed by atoms with Crippen LogP contribution in [-0.4, -0.2) is 22.9 Å². The highest BCUT2D eigenvalue weighted by molar-refractivity contribution is 5.85. The van der Waals surface area contributed by atoms with Gasteiger partial charge < -0.3 is 4.90 Å². The molecule has 1 aliphatic carbocycles. The lowest BCUT2D eigenvalue weighted by Gasteiger charge is -2.25. The molecule has 108 valence electrons. The van der Waals surface area contributed by atoms with Crippen LogP contribution in [0.1, 0.15) is 50.4 Å². The van der Waals surface area contributed by atoms with E-state index >= 15 is 0 Å². The van der Waals surface area contributed by atoms with Crippen LogP contribution in [0.4, 0.5) is 0 Å². The Balaban J connectivity index is 1.93. The second-order valence-corrected chi connectivity index (χ2v) is 6.27. The number of carbonyl (C=O) groups excluding carboxylic acids is 1. The molecule has 2 aliphatic rings. The predicted octanol–water partition coefficient (Wildman–Crippen LogP) is 3.00. The summed E-state index contributed by atoms with van der Waals surface area (Å²) in [4.78, 5) is 14.9. The fourth-order valence-corrected chi connectivity index (χ4v) is 3.13. The minimum Gasteiger partial charge on any atom is -0.319 e. The van der Waals surface area contributed by atoms with Crippen molar-refractivity contribution in [3.8, 4) is 0 Å². The van der Waals surface area contributed by atoms with Crippen molar-refractivity contribution in [3.63, 3.8) is 0 Å². The second kappa shape index (κ2) is 5.21. The maximum Gasteiger partial charge on any atom is 0.241 e. The summed E-state index contributed by atoms with van der Waals surface area (Å²) in [6.45, 7) is 6.45. The van der Waals surface area contributed by atoms with Crippen LogP contribution in [0.2, 0.25) is 0 Å². The summed E-state index contributed by atoms with van der Waals surface area (Å²) in [5, 5.41) is 3.60. The lowest BCUT2D eigenvalue weighted by molar-refractivity contribution is -0.131. The standard InChI is InChI=1S/C17H24N2O/c1-4-11(2)15-17(20)19(13-9-10-13)16(18-15)14-8-6-5-7-12(14)3/h5-8,11,13,15-16,18H,4,9-10H2,1-3H3. The molecule has 3 nitrogen and oxygen atoms in total. The van der Waals surface area contributed by atoms with Crippen molar-refractivity contribution in [2.24, 2.45) is 5.92 Å². The van der Waals surface area contributed by atoms with E-state index < -0.39 is 0 Å². The molecule has 3 rings (SSSR count). The van der Waals surface area contributed by atoms with E-state index in [4.69, 9.17) is 0 Å². The van der Waals surface area contributed by atoms with Crippen LogP contribution in [0.25, 0.3) is 0 Å². The van der Waals surface area contributed by atoms with Crippen LogP contribution >= 0.6 is 0 Å². The third-order valence-electron chi connectivity index (χ3n) is 4.77. The Morgan fingerprint density at radius 3 is 2.65 bits per heavy atom. The molecule has 1 aromatic rings. The van der Waals surface area contributed by atoms with Gasteiger partial charge in [-0.3, -0.25) is 10.1 Å². The van der Waals surface area contributed by atoms with Gasteiger partial charge in [0.2, 0.25) is 5.91 Å². The van der Waals surface area contributed by atoms with Crippen molar-refractivity contribution in [2.75, 3.05) is 0 Å². The molecule has 0 aromatic heterocycles. The van der Waals surface area contributed by atoms with Gasteiger partial charge in [-0.15, -0.1) is 0 Å². The first-order valence-electron chi connectivity index (χ1n) is 7.77. The molecule has 1 heterocycles. The van der Waals surface area contributed by atoms with E-state index in [2.05, 4.69) is 55.3 Å². The number of amides is 1. The maximum atomic E-state index is 12.7. The molecule has 20 heavy (non-hydrogen) atoms. The summed E-state index contributed by atoms with van der Waals surface area (Å²) < 4.78 is 0. The SMILES string of the molecule is CCC(C)C1NC(c2ccccc2C)N(C2CC2)C1=O. The largest absolute Gasteiger partial charge is 0.319 e. The van der Waals surface area contributed by atoms with Crippen LogP contribution in [0.15, 0.2) is 24.3 Å². The topological polar surface area (TPSA) is 32.3 Å². The van der Waals surface area contributed by atoms with Crippen molar-refractivity contribution < 1.29 is 4.79 Å². The lowest BCUT2D eigenvalue weighted by atomic mass is 9.99. The molecule has 3 heteroatoms. The minimum atomic E-state index is -0.0230. The molecule has 2 fully saturated rings. The Morgan fingerprint density at radius 2 is 2.05 bits per heavy atom. The van der Waals surface area contributed by atoms with Gasteiger partial charge in [0, 0.05) is 6.04 Å². The van der Waals surface area contributed by atoms with Gasteiger partial charge in [0.25, 0.3) is 0 Å². The molecule has 0 radical (unpaired) electrons. The molecule has 1 aromatic carbocycles. The van der Waals surface area contributed by atoms with Crippen molar-refractivity contribution in [2.45, 2.75) is 58.3 Å². The van der Waals surface area contributed by atoms with Crippen LogP contribution < -0.4 is 5.32 Å². The number of nitrogens with zero attached hydrogens (tertiary/aromatic N) is 1.